The fraction of sp³-hybridized carbons (Fsp3) is 0.0400. The third-order valence-electron chi connectivity index (χ3n) is 4.82. The molecule has 0 saturated carbocycles. The Labute approximate surface area is 167 Å². The summed E-state index contributed by atoms with van der Waals surface area (Å²) in [5.41, 5.74) is 3.18. The van der Waals surface area contributed by atoms with E-state index in [9.17, 15) is 4.79 Å². The van der Waals surface area contributed by atoms with E-state index in [1.165, 1.54) is 6.07 Å². The van der Waals surface area contributed by atoms with E-state index in [0.29, 0.717) is 23.3 Å². The summed E-state index contributed by atoms with van der Waals surface area (Å²) in [7, 11) is 0. The number of nitrogens with zero attached hydrogens (tertiary/aromatic N) is 1. The van der Waals surface area contributed by atoms with Crippen LogP contribution in [0.4, 0.5) is 0 Å². The van der Waals surface area contributed by atoms with Crippen LogP contribution in [0.1, 0.15) is 5.69 Å². The first-order valence-electron chi connectivity index (χ1n) is 9.37. The van der Waals surface area contributed by atoms with Gasteiger partial charge in [0.25, 0.3) is 0 Å². The standard InChI is InChI=1S/C25H17NO3/c27-23-15-25(29-24-8-4-2-6-21(23)24)18-10-13-20(14-11-18)28-16-19-12-9-17-5-1-3-7-22(17)26-19/h1-15H,16H2. The highest BCUT2D eigenvalue weighted by Crippen LogP contribution is 2.24. The van der Waals surface area contributed by atoms with Gasteiger partial charge in [-0.05, 0) is 48.5 Å². The maximum atomic E-state index is 12.3. The van der Waals surface area contributed by atoms with Crippen molar-refractivity contribution in [2.45, 2.75) is 6.61 Å². The molecular formula is C25H17NO3. The molecule has 0 aliphatic rings. The highest BCUT2D eigenvalue weighted by atomic mass is 16.5. The Hall–Kier alpha value is -3.92. The molecule has 5 aromatic rings. The van der Waals surface area contributed by atoms with Crippen molar-refractivity contribution in [3.05, 3.63) is 107 Å². The van der Waals surface area contributed by atoms with Gasteiger partial charge in [0.2, 0.25) is 0 Å². The van der Waals surface area contributed by atoms with Crippen LogP contribution in [-0.2, 0) is 6.61 Å². The molecule has 0 N–H and O–H groups in total. The molecule has 29 heavy (non-hydrogen) atoms. The zero-order valence-corrected chi connectivity index (χ0v) is 15.5. The second kappa shape index (κ2) is 7.24. The van der Waals surface area contributed by atoms with Crippen molar-refractivity contribution in [3.63, 3.8) is 0 Å². The van der Waals surface area contributed by atoms with E-state index in [2.05, 4.69) is 4.98 Å². The summed E-state index contributed by atoms with van der Waals surface area (Å²) in [6.07, 6.45) is 0. The van der Waals surface area contributed by atoms with E-state index >= 15 is 0 Å². The van der Waals surface area contributed by atoms with E-state index in [4.69, 9.17) is 9.15 Å². The lowest BCUT2D eigenvalue weighted by molar-refractivity contribution is 0.302. The Bertz CT molecular complexity index is 1370. The van der Waals surface area contributed by atoms with Crippen molar-refractivity contribution in [2.75, 3.05) is 0 Å². The Kier molecular flexibility index (Phi) is 4.30. The second-order valence-corrected chi connectivity index (χ2v) is 6.78. The van der Waals surface area contributed by atoms with Crippen LogP contribution < -0.4 is 10.2 Å². The number of pyridine rings is 1. The lowest BCUT2D eigenvalue weighted by atomic mass is 10.1. The van der Waals surface area contributed by atoms with Crippen LogP contribution >= 0.6 is 0 Å². The van der Waals surface area contributed by atoms with E-state index in [1.807, 2.05) is 72.8 Å². The summed E-state index contributed by atoms with van der Waals surface area (Å²) in [5.74, 6) is 1.27. The molecule has 0 amide bonds. The van der Waals surface area contributed by atoms with Gasteiger partial charge < -0.3 is 9.15 Å². The molecule has 0 unspecified atom stereocenters. The van der Waals surface area contributed by atoms with Crippen molar-refractivity contribution in [2.24, 2.45) is 0 Å². The van der Waals surface area contributed by atoms with Gasteiger partial charge in [0.1, 0.15) is 23.7 Å². The number of hydrogen-bond acceptors (Lipinski definition) is 4. The van der Waals surface area contributed by atoms with E-state index in [1.54, 1.807) is 12.1 Å². The predicted octanol–water partition coefficient (Wildman–Crippen LogP) is 5.59. The third kappa shape index (κ3) is 3.48. The molecule has 0 aliphatic carbocycles. The zero-order valence-electron chi connectivity index (χ0n) is 15.5. The minimum absolute atomic E-state index is 0.0513. The SMILES string of the molecule is O=c1cc(-c2ccc(OCc3ccc4ccccc4n3)cc2)oc2ccccc12. The molecule has 3 aromatic carbocycles. The molecule has 5 rings (SSSR count). The molecule has 0 bridgehead atoms. The number of benzene rings is 3. The summed E-state index contributed by atoms with van der Waals surface area (Å²) in [4.78, 5) is 16.9. The smallest absolute Gasteiger partial charge is 0.193 e. The van der Waals surface area contributed by atoms with Crippen molar-refractivity contribution < 1.29 is 9.15 Å². The summed E-state index contributed by atoms with van der Waals surface area (Å²) >= 11 is 0. The molecule has 0 radical (unpaired) electrons. The molecule has 2 aromatic heterocycles. The van der Waals surface area contributed by atoms with Crippen LogP contribution in [0, 0.1) is 0 Å². The number of hydrogen-bond donors (Lipinski definition) is 0. The van der Waals surface area contributed by atoms with Crippen LogP contribution in [0.5, 0.6) is 5.75 Å². The molecular weight excluding hydrogens is 362 g/mol. The van der Waals surface area contributed by atoms with E-state index < -0.39 is 0 Å². The van der Waals surface area contributed by atoms with Crippen LogP contribution in [-0.4, -0.2) is 4.98 Å². The van der Waals surface area contributed by atoms with Crippen LogP contribution in [0.2, 0.25) is 0 Å². The van der Waals surface area contributed by atoms with Crippen molar-refractivity contribution >= 4 is 21.9 Å². The first-order valence-corrected chi connectivity index (χ1v) is 9.37. The minimum atomic E-state index is -0.0513. The minimum Gasteiger partial charge on any atom is -0.487 e. The van der Waals surface area contributed by atoms with Crippen LogP contribution in [0.15, 0.2) is 100 Å². The van der Waals surface area contributed by atoms with E-state index in [-0.39, 0.29) is 5.43 Å². The van der Waals surface area contributed by atoms with Gasteiger partial charge in [0.15, 0.2) is 5.43 Å². The average Bonchev–Trinajstić information content (AvgIpc) is 2.78. The Morgan fingerprint density at radius 1 is 0.828 bits per heavy atom. The van der Waals surface area contributed by atoms with Gasteiger partial charge in [-0.15, -0.1) is 0 Å². The molecule has 0 fully saturated rings. The first-order chi connectivity index (χ1) is 14.3. The van der Waals surface area contributed by atoms with Gasteiger partial charge in [0, 0.05) is 17.0 Å². The Morgan fingerprint density at radius 3 is 2.52 bits per heavy atom. The fourth-order valence-corrected chi connectivity index (χ4v) is 3.31. The lowest BCUT2D eigenvalue weighted by Crippen LogP contribution is -2.00. The van der Waals surface area contributed by atoms with Crippen LogP contribution in [0.3, 0.4) is 0 Å². The quantitative estimate of drug-likeness (QED) is 0.409. The lowest BCUT2D eigenvalue weighted by Gasteiger charge is -2.08. The Balaban J connectivity index is 1.35. The predicted molar refractivity (Wildman–Crippen MR) is 114 cm³/mol. The number of fused-ring (bicyclic) bond motifs is 2. The molecule has 0 saturated heterocycles. The molecule has 2 heterocycles. The fourth-order valence-electron chi connectivity index (χ4n) is 3.31. The topological polar surface area (TPSA) is 52.3 Å². The zero-order chi connectivity index (χ0) is 19.6. The van der Waals surface area contributed by atoms with Gasteiger partial charge in [0.05, 0.1) is 16.6 Å². The van der Waals surface area contributed by atoms with Crippen molar-refractivity contribution in [3.8, 4) is 17.1 Å². The van der Waals surface area contributed by atoms with Gasteiger partial charge in [-0.2, -0.15) is 0 Å². The second-order valence-electron chi connectivity index (χ2n) is 6.78. The summed E-state index contributed by atoms with van der Waals surface area (Å²) < 4.78 is 11.8. The summed E-state index contributed by atoms with van der Waals surface area (Å²) in [5, 5.41) is 1.69. The average molecular weight is 379 g/mol. The van der Waals surface area contributed by atoms with Gasteiger partial charge in [-0.1, -0.05) is 36.4 Å². The Morgan fingerprint density at radius 2 is 1.62 bits per heavy atom. The maximum absolute atomic E-state index is 12.3. The molecule has 4 heteroatoms. The van der Waals surface area contributed by atoms with Gasteiger partial charge >= 0.3 is 0 Å². The van der Waals surface area contributed by atoms with Gasteiger partial charge in [-0.3, -0.25) is 4.79 Å². The van der Waals surface area contributed by atoms with E-state index in [0.717, 1.165) is 27.9 Å². The number of aromatic nitrogens is 1. The summed E-state index contributed by atoms with van der Waals surface area (Å²) in [6, 6.07) is 28.3. The molecule has 0 aliphatic heterocycles. The number of para-hydroxylation sites is 2. The number of ether oxygens (including phenoxy) is 1. The van der Waals surface area contributed by atoms with Crippen molar-refractivity contribution in [1.82, 2.24) is 4.98 Å². The normalized spacial score (nSPS) is 11.0. The monoisotopic (exact) mass is 379 g/mol. The first kappa shape index (κ1) is 17.2. The maximum Gasteiger partial charge on any atom is 0.193 e. The molecule has 140 valence electrons. The molecule has 0 spiro atoms. The largest absolute Gasteiger partial charge is 0.487 e. The van der Waals surface area contributed by atoms with Crippen LogP contribution in [0.25, 0.3) is 33.2 Å². The van der Waals surface area contributed by atoms with Crippen molar-refractivity contribution in [1.29, 1.82) is 0 Å². The highest BCUT2D eigenvalue weighted by Gasteiger charge is 2.07. The number of rotatable bonds is 4. The molecule has 4 nitrogen and oxygen atoms in total. The summed E-state index contributed by atoms with van der Waals surface area (Å²) in [6.45, 7) is 0.384. The highest BCUT2D eigenvalue weighted by molar-refractivity contribution is 5.79. The third-order valence-corrected chi connectivity index (χ3v) is 4.82. The molecule has 0 atom stereocenters. The van der Waals surface area contributed by atoms with Gasteiger partial charge in [-0.25, -0.2) is 4.98 Å².